The van der Waals surface area contributed by atoms with Gasteiger partial charge in [0.15, 0.2) is 0 Å². The van der Waals surface area contributed by atoms with Gasteiger partial charge in [0, 0.05) is 12.4 Å². The maximum absolute atomic E-state index is 12.2. The minimum Gasteiger partial charge on any atom is -0.464 e. The molecule has 2 atom stereocenters. The van der Waals surface area contributed by atoms with Crippen LogP contribution in [0.2, 0.25) is 0 Å². The number of esters is 1. The molecule has 0 heterocycles. The molecule has 0 aliphatic rings. The number of benzene rings is 1. The van der Waals surface area contributed by atoms with Gasteiger partial charge < -0.3 is 15.6 Å². The fourth-order valence-corrected chi connectivity index (χ4v) is 2.96. The summed E-state index contributed by atoms with van der Waals surface area (Å²) in [6.45, 7) is 4.17. The molecule has 0 radical (unpaired) electrons. The fraction of sp³-hybridized carbons (Fsp3) is 0.533. The zero-order chi connectivity index (χ0) is 15.0. The average molecular weight is 297 g/mol. The van der Waals surface area contributed by atoms with Gasteiger partial charge >= 0.3 is 5.97 Å². The number of nitrogens with two attached hydrogens (primary N) is 1. The van der Waals surface area contributed by atoms with Crippen LogP contribution in [0.5, 0.6) is 0 Å². The predicted molar refractivity (Wildman–Crippen MR) is 82.5 cm³/mol. The lowest BCUT2D eigenvalue weighted by Gasteiger charge is -2.27. The van der Waals surface area contributed by atoms with Crippen molar-refractivity contribution >= 4 is 17.7 Å². The molecule has 0 aliphatic heterocycles. The third-order valence-corrected chi connectivity index (χ3v) is 4.44. The lowest BCUT2D eigenvalue weighted by Crippen LogP contribution is -2.48. The quantitative estimate of drug-likeness (QED) is 0.715. The molecule has 20 heavy (non-hydrogen) atoms. The van der Waals surface area contributed by atoms with E-state index < -0.39 is 11.5 Å². The Balaban J connectivity index is 2.82. The van der Waals surface area contributed by atoms with Gasteiger partial charge in [-0.2, -0.15) is 11.8 Å². The normalized spacial score (nSPS) is 15.4. The smallest absolute Gasteiger partial charge is 0.331 e. The van der Waals surface area contributed by atoms with Gasteiger partial charge in [0.05, 0.1) is 6.61 Å². The molecule has 5 heteroatoms. The average Bonchev–Trinajstić information content (AvgIpc) is 2.47. The van der Waals surface area contributed by atoms with Crippen LogP contribution in [0.15, 0.2) is 30.3 Å². The summed E-state index contributed by atoms with van der Waals surface area (Å²) in [6.07, 6.45) is 0. The van der Waals surface area contributed by atoms with Gasteiger partial charge in [-0.3, -0.25) is 0 Å². The summed E-state index contributed by atoms with van der Waals surface area (Å²) in [5.41, 5.74) is 5.93. The van der Waals surface area contributed by atoms with Crippen molar-refractivity contribution in [1.82, 2.24) is 0 Å². The van der Waals surface area contributed by atoms with Crippen molar-refractivity contribution in [3.8, 4) is 0 Å². The first kappa shape index (κ1) is 17.0. The van der Waals surface area contributed by atoms with E-state index in [0.717, 1.165) is 11.3 Å². The Morgan fingerprint density at radius 3 is 2.65 bits per heavy atom. The summed E-state index contributed by atoms with van der Waals surface area (Å²) in [6, 6.07) is 9.28. The molecule has 0 amide bonds. The van der Waals surface area contributed by atoms with Crippen molar-refractivity contribution in [3.05, 3.63) is 35.9 Å². The zero-order valence-electron chi connectivity index (χ0n) is 12.0. The maximum Gasteiger partial charge on any atom is 0.331 e. The minimum absolute atomic E-state index is 0.134. The Hall–Kier alpha value is -1.04. The molecule has 0 saturated heterocycles. The number of thioether (sulfide) groups is 1. The lowest BCUT2D eigenvalue weighted by molar-refractivity contribution is -0.149. The predicted octanol–water partition coefficient (Wildman–Crippen LogP) is 1.77. The zero-order valence-corrected chi connectivity index (χ0v) is 12.9. The molecule has 1 rings (SSSR count). The Kier molecular flexibility index (Phi) is 7.05. The molecule has 0 spiro atoms. The number of aliphatic hydroxyl groups excluding tert-OH is 1. The molecule has 0 saturated carbocycles. The highest BCUT2D eigenvalue weighted by atomic mass is 32.2. The van der Waals surface area contributed by atoms with Gasteiger partial charge in [0.25, 0.3) is 0 Å². The fourth-order valence-electron chi connectivity index (χ4n) is 1.73. The highest BCUT2D eigenvalue weighted by molar-refractivity contribution is 7.99. The van der Waals surface area contributed by atoms with E-state index in [4.69, 9.17) is 15.6 Å². The van der Waals surface area contributed by atoms with E-state index in [1.807, 2.05) is 37.3 Å². The van der Waals surface area contributed by atoms with E-state index in [1.165, 1.54) is 0 Å². The molecule has 0 fully saturated rings. The van der Waals surface area contributed by atoms with Crippen molar-refractivity contribution in [2.75, 3.05) is 24.7 Å². The second kappa shape index (κ2) is 8.29. The second-order valence-corrected chi connectivity index (χ2v) is 5.89. The number of hydrogen-bond donors (Lipinski definition) is 2. The summed E-state index contributed by atoms with van der Waals surface area (Å²) in [5.74, 6) is 0.958. The van der Waals surface area contributed by atoms with Crippen LogP contribution >= 0.6 is 11.8 Å². The highest BCUT2D eigenvalue weighted by Crippen LogP contribution is 2.26. The van der Waals surface area contributed by atoms with E-state index in [1.54, 1.807) is 18.7 Å². The second-order valence-electron chi connectivity index (χ2n) is 4.86. The molecule has 0 aliphatic carbocycles. The lowest BCUT2D eigenvalue weighted by atomic mass is 9.93. The minimum atomic E-state index is -1.14. The monoisotopic (exact) mass is 297 g/mol. The van der Waals surface area contributed by atoms with Crippen LogP contribution in [0, 0.1) is 5.92 Å². The van der Waals surface area contributed by atoms with Crippen LogP contribution in [0.3, 0.4) is 0 Å². The van der Waals surface area contributed by atoms with E-state index in [2.05, 4.69) is 0 Å². The van der Waals surface area contributed by atoms with Gasteiger partial charge in [-0.1, -0.05) is 37.3 Å². The van der Waals surface area contributed by atoms with Crippen LogP contribution in [0.4, 0.5) is 0 Å². The molecule has 1 aromatic carbocycles. The topological polar surface area (TPSA) is 72.5 Å². The molecule has 4 nitrogen and oxygen atoms in total. The number of carbonyl (C=O) groups excluding carboxylic acids is 1. The highest BCUT2D eigenvalue weighted by Gasteiger charge is 2.37. The third kappa shape index (κ3) is 4.51. The number of hydrogen-bond acceptors (Lipinski definition) is 5. The van der Waals surface area contributed by atoms with Crippen LogP contribution < -0.4 is 5.73 Å². The Bertz CT molecular complexity index is 413. The number of rotatable bonds is 8. The Labute approximate surface area is 124 Å². The third-order valence-electron chi connectivity index (χ3n) is 2.97. The van der Waals surface area contributed by atoms with E-state index in [9.17, 15) is 4.79 Å². The summed E-state index contributed by atoms with van der Waals surface area (Å²) < 4.78 is 5.12. The van der Waals surface area contributed by atoms with Crippen molar-refractivity contribution in [2.24, 2.45) is 11.7 Å². The van der Waals surface area contributed by atoms with E-state index >= 15 is 0 Å². The maximum atomic E-state index is 12.2. The first-order chi connectivity index (χ1) is 9.54. The molecule has 1 aromatic rings. The molecule has 0 bridgehead atoms. The van der Waals surface area contributed by atoms with Crippen LogP contribution in [0.1, 0.15) is 19.4 Å². The molecule has 2 unspecified atom stereocenters. The Morgan fingerprint density at radius 2 is 2.10 bits per heavy atom. The largest absolute Gasteiger partial charge is 0.464 e. The molecule has 3 N–H and O–H groups in total. The van der Waals surface area contributed by atoms with Gasteiger partial charge in [0.2, 0.25) is 0 Å². The number of carbonyl (C=O) groups is 1. The van der Waals surface area contributed by atoms with Crippen molar-refractivity contribution in [2.45, 2.75) is 19.4 Å². The van der Waals surface area contributed by atoms with Crippen LogP contribution in [0.25, 0.3) is 0 Å². The molecular weight excluding hydrogens is 274 g/mol. The SMILES string of the molecule is CCOC(=O)C(N)(CSCC(C)CO)c1ccccc1. The summed E-state index contributed by atoms with van der Waals surface area (Å²) in [5, 5.41) is 9.04. The van der Waals surface area contributed by atoms with Crippen LogP contribution in [-0.2, 0) is 15.1 Å². The van der Waals surface area contributed by atoms with Gasteiger partial charge in [-0.15, -0.1) is 0 Å². The summed E-state index contributed by atoms with van der Waals surface area (Å²) in [4.78, 5) is 12.2. The molecular formula is C15H23NO3S. The van der Waals surface area contributed by atoms with Gasteiger partial charge in [-0.05, 0) is 24.2 Å². The first-order valence-corrected chi connectivity index (χ1v) is 7.90. The molecule has 0 aromatic heterocycles. The molecule has 112 valence electrons. The standard InChI is InChI=1S/C15H23NO3S/c1-3-19-14(18)15(16,11-20-10-12(2)9-17)13-7-5-4-6-8-13/h4-8,12,17H,3,9-11,16H2,1-2H3. The summed E-state index contributed by atoms with van der Waals surface area (Å²) in [7, 11) is 0. The van der Waals surface area contributed by atoms with E-state index in [-0.39, 0.29) is 12.5 Å². The summed E-state index contributed by atoms with van der Waals surface area (Å²) >= 11 is 1.56. The first-order valence-electron chi connectivity index (χ1n) is 6.74. The Morgan fingerprint density at radius 1 is 1.45 bits per heavy atom. The van der Waals surface area contributed by atoms with Gasteiger partial charge in [0.1, 0.15) is 5.54 Å². The van der Waals surface area contributed by atoms with Crippen molar-refractivity contribution in [1.29, 1.82) is 0 Å². The van der Waals surface area contributed by atoms with Crippen molar-refractivity contribution < 1.29 is 14.6 Å². The number of aliphatic hydroxyl groups is 1. The van der Waals surface area contributed by atoms with Crippen LogP contribution in [-0.4, -0.2) is 35.8 Å². The van der Waals surface area contributed by atoms with E-state index in [0.29, 0.717) is 12.4 Å². The number of ether oxygens (including phenoxy) is 1. The van der Waals surface area contributed by atoms with Crippen molar-refractivity contribution in [3.63, 3.8) is 0 Å². The van der Waals surface area contributed by atoms with Gasteiger partial charge in [-0.25, -0.2) is 4.79 Å².